The van der Waals surface area contributed by atoms with Gasteiger partial charge in [-0.05, 0) is 68.2 Å². The third-order valence-corrected chi connectivity index (χ3v) is 5.37. The maximum absolute atomic E-state index is 14.6. The fourth-order valence-corrected chi connectivity index (χ4v) is 3.07. The van der Waals surface area contributed by atoms with Crippen LogP contribution in [0.4, 0.5) is 4.39 Å². The second-order valence-electron chi connectivity index (χ2n) is 7.78. The lowest BCUT2D eigenvalue weighted by Gasteiger charge is -2.32. The summed E-state index contributed by atoms with van der Waals surface area (Å²) >= 11 is 0. The number of rotatable bonds is 5. The highest BCUT2D eigenvalue weighted by Crippen LogP contribution is 2.37. The molecule has 1 N–H and O–H groups in total. The lowest BCUT2D eigenvalue weighted by atomic mass is 9.75. The Hall–Kier alpha value is -2.16. The highest BCUT2D eigenvalue weighted by Gasteiger charge is 2.52. The van der Waals surface area contributed by atoms with Crippen molar-refractivity contribution in [2.45, 2.75) is 38.9 Å². The first-order valence-electron chi connectivity index (χ1n) is 9.06. The fourth-order valence-electron chi connectivity index (χ4n) is 3.07. The summed E-state index contributed by atoms with van der Waals surface area (Å²) in [5.74, 6) is -0.608. The summed E-state index contributed by atoms with van der Waals surface area (Å²) in [7, 11) is 2.28. The van der Waals surface area contributed by atoms with Gasteiger partial charge in [-0.1, -0.05) is 0 Å². The Morgan fingerprint density at radius 3 is 2.36 bits per heavy atom. The van der Waals surface area contributed by atoms with Gasteiger partial charge in [0, 0.05) is 14.2 Å². The molecule has 1 amide bonds. The van der Waals surface area contributed by atoms with Gasteiger partial charge in [0.2, 0.25) is 0 Å². The molecule has 1 heterocycles. The molecule has 0 aromatic heterocycles. The Bertz CT molecular complexity index is 899. The van der Waals surface area contributed by atoms with Gasteiger partial charge in [0.05, 0.1) is 16.8 Å². The van der Waals surface area contributed by atoms with Crippen LogP contribution in [0.25, 0.3) is 10.8 Å². The summed E-state index contributed by atoms with van der Waals surface area (Å²) < 4.78 is 37.5. The summed E-state index contributed by atoms with van der Waals surface area (Å²) in [6.07, 6.45) is 0. The molecule has 3 rings (SSSR count). The topological polar surface area (TPSA) is 66.0 Å². The van der Waals surface area contributed by atoms with Crippen molar-refractivity contribution in [1.82, 2.24) is 5.32 Å². The van der Waals surface area contributed by atoms with E-state index in [1.54, 1.807) is 12.1 Å². The highest BCUT2D eigenvalue weighted by atomic mass is 19.1. The second kappa shape index (κ2) is 7.35. The molecular weight excluding hydrogens is 364 g/mol. The first-order chi connectivity index (χ1) is 13.1. The van der Waals surface area contributed by atoms with Crippen LogP contribution in [-0.2, 0) is 14.0 Å². The van der Waals surface area contributed by atoms with Gasteiger partial charge in [-0.25, -0.2) is 4.39 Å². The number of methoxy groups -OCH3 is 1. The quantitative estimate of drug-likeness (QED) is 0.629. The zero-order valence-corrected chi connectivity index (χ0v) is 17.0. The molecule has 0 bridgehead atoms. The number of halogens is 1. The molecule has 28 heavy (non-hydrogen) atoms. The van der Waals surface area contributed by atoms with Gasteiger partial charge in [-0.3, -0.25) is 4.79 Å². The summed E-state index contributed by atoms with van der Waals surface area (Å²) in [5.41, 5.74) is -0.509. The average Bonchev–Trinajstić information content (AvgIpc) is 2.85. The number of hydrogen-bond donors (Lipinski definition) is 1. The Labute approximate surface area is 164 Å². The molecule has 0 spiro atoms. The first-order valence-corrected chi connectivity index (χ1v) is 9.06. The van der Waals surface area contributed by atoms with E-state index in [4.69, 9.17) is 18.8 Å². The standard InChI is InChI=1S/C20H25BFNO5/c1-19(2)20(3,4)28-21(27-19)16-9-13(26-11-25-6)7-12-8-15(18(24)23-5)17(22)10-14(12)16/h7-10H,11H2,1-6H3,(H,23,24). The molecule has 1 aliphatic heterocycles. The van der Waals surface area contributed by atoms with Crippen molar-refractivity contribution in [3.05, 3.63) is 35.6 Å². The number of carbonyl (C=O) groups excluding carboxylic acids is 1. The molecule has 0 radical (unpaired) electrons. The minimum atomic E-state index is -0.705. The lowest BCUT2D eigenvalue weighted by molar-refractivity contribution is 0.00578. The third-order valence-electron chi connectivity index (χ3n) is 5.37. The normalized spacial score (nSPS) is 17.8. The SMILES string of the molecule is CNC(=O)c1cc2cc(OCOC)cc(B3OC(C)(C)C(C)(C)O3)c2cc1F. The number of ether oxygens (including phenoxy) is 2. The van der Waals surface area contributed by atoms with Crippen LogP contribution in [0.15, 0.2) is 24.3 Å². The number of hydrogen-bond acceptors (Lipinski definition) is 5. The monoisotopic (exact) mass is 389 g/mol. The van der Waals surface area contributed by atoms with E-state index in [-0.39, 0.29) is 12.4 Å². The molecule has 0 unspecified atom stereocenters. The smallest absolute Gasteiger partial charge is 0.468 e. The molecular formula is C20H25BFNO5. The van der Waals surface area contributed by atoms with E-state index in [0.717, 1.165) is 0 Å². The highest BCUT2D eigenvalue weighted by molar-refractivity contribution is 6.65. The summed E-state index contributed by atoms with van der Waals surface area (Å²) in [5, 5.41) is 3.68. The van der Waals surface area contributed by atoms with Crippen LogP contribution >= 0.6 is 0 Å². The number of benzene rings is 2. The molecule has 1 aliphatic rings. The molecule has 6 nitrogen and oxygen atoms in total. The van der Waals surface area contributed by atoms with Crippen molar-refractivity contribution in [2.24, 2.45) is 0 Å². The van der Waals surface area contributed by atoms with Gasteiger partial charge in [-0.2, -0.15) is 0 Å². The first kappa shape index (κ1) is 20.6. The summed E-state index contributed by atoms with van der Waals surface area (Å²) in [6, 6.07) is 6.32. The van der Waals surface area contributed by atoms with E-state index < -0.39 is 30.0 Å². The molecule has 1 fully saturated rings. The number of carbonyl (C=O) groups is 1. The largest absolute Gasteiger partial charge is 0.495 e. The van der Waals surface area contributed by atoms with E-state index in [9.17, 15) is 9.18 Å². The van der Waals surface area contributed by atoms with E-state index >= 15 is 0 Å². The molecule has 1 saturated heterocycles. The maximum atomic E-state index is 14.6. The van der Waals surface area contributed by atoms with Gasteiger partial charge in [0.25, 0.3) is 5.91 Å². The van der Waals surface area contributed by atoms with Crippen molar-refractivity contribution in [1.29, 1.82) is 0 Å². The van der Waals surface area contributed by atoms with Crippen LogP contribution in [0, 0.1) is 5.82 Å². The van der Waals surface area contributed by atoms with Gasteiger partial charge < -0.3 is 24.1 Å². The van der Waals surface area contributed by atoms with E-state index in [1.807, 2.05) is 27.7 Å². The van der Waals surface area contributed by atoms with Crippen molar-refractivity contribution < 1.29 is 28.0 Å². The zero-order chi connectivity index (χ0) is 20.7. The predicted octanol–water partition coefficient (Wildman–Crippen LogP) is 2.62. The van der Waals surface area contributed by atoms with Crippen LogP contribution in [0.1, 0.15) is 38.1 Å². The molecule has 0 atom stereocenters. The van der Waals surface area contributed by atoms with Gasteiger partial charge in [0.1, 0.15) is 11.6 Å². The van der Waals surface area contributed by atoms with Crippen molar-refractivity contribution in [3.63, 3.8) is 0 Å². The Kier molecular flexibility index (Phi) is 5.40. The summed E-state index contributed by atoms with van der Waals surface area (Å²) in [4.78, 5) is 12.0. The molecule has 2 aromatic rings. The van der Waals surface area contributed by atoms with Gasteiger partial charge >= 0.3 is 7.12 Å². The van der Waals surface area contributed by atoms with Crippen LogP contribution < -0.4 is 15.5 Å². The maximum Gasteiger partial charge on any atom is 0.495 e. The average molecular weight is 389 g/mol. The lowest BCUT2D eigenvalue weighted by Crippen LogP contribution is -2.41. The number of fused-ring (bicyclic) bond motifs is 1. The van der Waals surface area contributed by atoms with Crippen LogP contribution in [0.5, 0.6) is 5.75 Å². The van der Waals surface area contributed by atoms with Crippen molar-refractivity contribution in [3.8, 4) is 5.75 Å². The number of nitrogens with one attached hydrogen (secondary N) is 1. The van der Waals surface area contributed by atoms with E-state index in [0.29, 0.717) is 22.0 Å². The van der Waals surface area contributed by atoms with Crippen molar-refractivity contribution in [2.75, 3.05) is 21.0 Å². The Balaban J connectivity index is 2.17. The summed E-state index contributed by atoms with van der Waals surface area (Å²) in [6.45, 7) is 7.85. The Morgan fingerprint density at radius 2 is 1.79 bits per heavy atom. The molecule has 0 saturated carbocycles. The number of amides is 1. The van der Waals surface area contributed by atoms with E-state index in [2.05, 4.69) is 5.32 Å². The molecule has 150 valence electrons. The van der Waals surface area contributed by atoms with E-state index in [1.165, 1.54) is 26.3 Å². The van der Waals surface area contributed by atoms with Crippen LogP contribution in [-0.4, -0.2) is 45.2 Å². The van der Waals surface area contributed by atoms with Gasteiger partial charge in [-0.15, -0.1) is 0 Å². The molecule has 8 heteroatoms. The minimum absolute atomic E-state index is 0.0428. The van der Waals surface area contributed by atoms with Crippen molar-refractivity contribution >= 4 is 29.3 Å². The third kappa shape index (κ3) is 3.59. The Morgan fingerprint density at radius 1 is 1.14 bits per heavy atom. The van der Waals surface area contributed by atoms with Gasteiger partial charge in [0.15, 0.2) is 6.79 Å². The minimum Gasteiger partial charge on any atom is -0.468 e. The predicted molar refractivity (Wildman–Crippen MR) is 106 cm³/mol. The zero-order valence-electron chi connectivity index (χ0n) is 17.0. The van der Waals surface area contributed by atoms with Crippen LogP contribution in [0.3, 0.4) is 0 Å². The molecule has 0 aliphatic carbocycles. The second-order valence-corrected chi connectivity index (χ2v) is 7.78. The fraction of sp³-hybridized carbons (Fsp3) is 0.450. The van der Waals surface area contributed by atoms with Crippen LogP contribution in [0.2, 0.25) is 0 Å². The molecule has 2 aromatic carbocycles.